The summed E-state index contributed by atoms with van der Waals surface area (Å²) in [6.45, 7) is 0. The van der Waals surface area contributed by atoms with Gasteiger partial charge >= 0.3 is 0 Å². The van der Waals surface area contributed by atoms with Gasteiger partial charge in [0, 0.05) is 16.8 Å². The van der Waals surface area contributed by atoms with Gasteiger partial charge < -0.3 is 10.1 Å². The summed E-state index contributed by atoms with van der Waals surface area (Å²) in [5.41, 5.74) is 4.01. The molecule has 4 aromatic rings. The maximum Gasteiger partial charge on any atom is 0.255 e. The molecule has 0 saturated heterocycles. The molecule has 0 spiro atoms. The van der Waals surface area contributed by atoms with E-state index >= 15 is 0 Å². The lowest BCUT2D eigenvalue weighted by atomic mass is 10.1. The fraction of sp³-hybridized carbons (Fsp3) is 0.0455. The second kappa shape index (κ2) is 7.75. The molecule has 0 aliphatic heterocycles. The number of carbonyl (C=O) groups excluding carboxylic acids is 1. The Kier molecular flexibility index (Phi) is 4.84. The number of rotatable bonds is 5. The molecule has 0 aliphatic carbocycles. The molecule has 1 aromatic heterocycles. The fourth-order valence-corrected chi connectivity index (χ4v) is 2.89. The second-order valence-electron chi connectivity index (χ2n) is 6.13. The van der Waals surface area contributed by atoms with Crippen LogP contribution in [0, 0.1) is 0 Å². The van der Waals surface area contributed by atoms with Gasteiger partial charge in [0.15, 0.2) is 0 Å². The van der Waals surface area contributed by atoms with E-state index in [2.05, 4.69) is 15.6 Å². The largest absolute Gasteiger partial charge is 0.497 e. The van der Waals surface area contributed by atoms with Crippen molar-refractivity contribution in [3.05, 3.63) is 90.6 Å². The zero-order valence-electron chi connectivity index (χ0n) is 15.2. The van der Waals surface area contributed by atoms with E-state index in [-0.39, 0.29) is 5.91 Å². The maximum absolute atomic E-state index is 12.4. The zero-order valence-corrected chi connectivity index (χ0v) is 15.2. The van der Waals surface area contributed by atoms with Crippen molar-refractivity contribution in [1.29, 1.82) is 0 Å². The molecule has 0 atom stereocenters. The summed E-state index contributed by atoms with van der Waals surface area (Å²) in [7, 11) is 1.57. The summed E-state index contributed by atoms with van der Waals surface area (Å²) < 4.78 is 6.93. The highest BCUT2D eigenvalue weighted by Crippen LogP contribution is 2.22. The fourth-order valence-electron chi connectivity index (χ4n) is 2.89. The molecule has 6 heteroatoms. The summed E-state index contributed by atoms with van der Waals surface area (Å²) in [6, 6.07) is 24.4. The molecule has 0 unspecified atom stereocenters. The molecule has 1 amide bonds. The monoisotopic (exact) mass is 370 g/mol. The lowest BCUT2D eigenvalue weighted by Gasteiger charge is -2.09. The highest BCUT2D eigenvalue weighted by Gasteiger charge is 2.10. The third kappa shape index (κ3) is 3.61. The van der Waals surface area contributed by atoms with Gasteiger partial charge in [0.2, 0.25) is 0 Å². The van der Waals surface area contributed by atoms with E-state index in [0.29, 0.717) is 17.0 Å². The van der Waals surface area contributed by atoms with Crippen LogP contribution in [0.3, 0.4) is 0 Å². The Bertz CT molecular complexity index is 1090. The van der Waals surface area contributed by atoms with E-state index in [1.807, 2.05) is 54.6 Å². The standard InChI is InChI=1S/C22H18N4O2/c1-28-20-9-5-8-17(14-20)22(27)24-18-10-12-19(13-11-18)26-21(15-23-25-26)16-6-3-2-4-7-16/h2-15H,1H3,(H,24,27). The van der Waals surface area contributed by atoms with Crippen LogP contribution < -0.4 is 10.1 Å². The molecule has 138 valence electrons. The Morgan fingerprint density at radius 1 is 0.964 bits per heavy atom. The number of amides is 1. The minimum Gasteiger partial charge on any atom is -0.497 e. The van der Waals surface area contributed by atoms with Gasteiger partial charge in [-0.25, -0.2) is 4.68 Å². The Balaban J connectivity index is 1.54. The van der Waals surface area contributed by atoms with Crippen LogP contribution in [0.4, 0.5) is 5.69 Å². The van der Waals surface area contributed by atoms with E-state index in [0.717, 1.165) is 16.9 Å². The van der Waals surface area contributed by atoms with Crippen LogP contribution in [-0.2, 0) is 0 Å². The third-order valence-corrected chi connectivity index (χ3v) is 4.32. The maximum atomic E-state index is 12.4. The van der Waals surface area contributed by atoms with Crippen molar-refractivity contribution in [2.45, 2.75) is 0 Å². The molecule has 1 N–H and O–H groups in total. The van der Waals surface area contributed by atoms with Crippen molar-refractivity contribution in [3.63, 3.8) is 0 Å². The van der Waals surface area contributed by atoms with Crippen LogP contribution in [0.25, 0.3) is 16.9 Å². The molecular formula is C22H18N4O2. The highest BCUT2D eigenvalue weighted by molar-refractivity contribution is 6.04. The van der Waals surface area contributed by atoms with Crippen molar-refractivity contribution >= 4 is 11.6 Å². The van der Waals surface area contributed by atoms with Crippen molar-refractivity contribution < 1.29 is 9.53 Å². The van der Waals surface area contributed by atoms with Gasteiger partial charge in [-0.3, -0.25) is 4.79 Å². The predicted molar refractivity (Wildman–Crippen MR) is 108 cm³/mol. The van der Waals surface area contributed by atoms with Crippen molar-refractivity contribution in [2.75, 3.05) is 12.4 Å². The Labute approximate surface area is 162 Å². The van der Waals surface area contributed by atoms with E-state index < -0.39 is 0 Å². The van der Waals surface area contributed by atoms with Gasteiger partial charge in [-0.05, 0) is 42.5 Å². The minimum absolute atomic E-state index is 0.197. The summed E-state index contributed by atoms with van der Waals surface area (Å²) in [5.74, 6) is 0.444. The molecular weight excluding hydrogens is 352 g/mol. The van der Waals surface area contributed by atoms with E-state index in [4.69, 9.17) is 4.74 Å². The van der Waals surface area contributed by atoms with Gasteiger partial charge in [0.05, 0.1) is 24.7 Å². The Morgan fingerprint density at radius 3 is 2.50 bits per heavy atom. The predicted octanol–water partition coefficient (Wildman–Crippen LogP) is 4.20. The average molecular weight is 370 g/mol. The minimum atomic E-state index is -0.197. The van der Waals surface area contributed by atoms with Crippen LogP contribution in [0.15, 0.2) is 85.1 Å². The molecule has 0 bridgehead atoms. The van der Waals surface area contributed by atoms with Gasteiger partial charge in [-0.15, -0.1) is 5.10 Å². The number of ether oxygens (including phenoxy) is 1. The first-order valence-corrected chi connectivity index (χ1v) is 8.76. The molecule has 0 fully saturated rings. The number of nitrogens with zero attached hydrogens (tertiary/aromatic N) is 3. The summed E-state index contributed by atoms with van der Waals surface area (Å²) in [4.78, 5) is 12.4. The molecule has 0 aliphatic rings. The lowest BCUT2D eigenvalue weighted by molar-refractivity contribution is 0.102. The topological polar surface area (TPSA) is 69.0 Å². The SMILES string of the molecule is COc1cccc(C(=O)Nc2ccc(-n3nncc3-c3ccccc3)cc2)c1. The van der Waals surface area contributed by atoms with Crippen LogP contribution in [0.1, 0.15) is 10.4 Å². The molecule has 0 saturated carbocycles. The highest BCUT2D eigenvalue weighted by atomic mass is 16.5. The molecule has 6 nitrogen and oxygen atoms in total. The summed E-state index contributed by atoms with van der Waals surface area (Å²) in [5, 5.41) is 11.1. The average Bonchev–Trinajstić information content (AvgIpc) is 3.25. The van der Waals surface area contributed by atoms with E-state index in [1.54, 1.807) is 42.3 Å². The van der Waals surface area contributed by atoms with Gasteiger partial charge in [0.25, 0.3) is 5.91 Å². The van der Waals surface area contributed by atoms with Crippen LogP contribution >= 0.6 is 0 Å². The van der Waals surface area contributed by atoms with Crippen molar-refractivity contribution in [1.82, 2.24) is 15.0 Å². The van der Waals surface area contributed by atoms with Crippen molar-refractivity contribution in [3.8, 4) is 22.7 Å². The number of methoxy groups -OCH3 is 1. The van der Waals surface area contributed by atoms with E-state index in [9.17, 15) is 4.79 Å². The number of hydrogen-bond donors (Lipinski definition) is 1. The molecule has 3 aromatic carbocycles. The first-order chi connectivity index (χ1) is 13.7. The first-order valence-electron chi connectivity index (χ1n) is 8.76. The number of nitrogens with one attached hydrogen (secondary N) is 1. The molecule has 28 heavy (non-hydrogen) atoms. The van der Waals surface area contributed by atoms with Gasteiger partial charge in [0.1, 0.15) is 5.75 Å². The zero-order chi connectivity index (χ0) is 19.3. The van der Waals surface area contributed by atoms with E-state index in [1.165, 1.54) is 0 Å². The number of anilines is 1. The number of carbonyl (C=O) groups is 1. The normalized spacial score (nSPS) is 10.5. The van der Waals surface area contributed by atoms with Crippen LogP contribution in [0.5, 0.6) is 5.75 Å². The third-order valence-electron chi connectivity index (χ3n) is 4.32. The second-order valence-corrected chi connectivity index (χ2v) is 6.13. The first kappa shape index (κ1) is 17.5. The van der Waals surface area contributed by atoms with Crippen molar-refractivity contribution in [2.24, 2.45) is 0 Å². The quantitative estimate of drug-likeness (QED) is 0.572. The smallest absolute Gasteiger partial charge is 0.255 e. The molecule has 1 heterocycles. The molecule has 0 radical (unpaired) electrons. The molecule has 4 rings (SSSR count). The number of aromatic nitrogens is 3. The van der Waals surface area contributed by atoms with Gasteiger partial charge in [-0.2, -0.15) is 0 Å². The van der Waals surface area contributed by atoms with Crippen LogP contribution in [0.2, 0.25) is 0 Å². The number of benzene rings is 3. The Hall–Kier alpha value is -3.93. The Morgan fingerprint density at radius 2 is 1.75 bits per heavy atom. The summed E-state index contributed by atoms with van der Waals surface area (Å²) >= 11 is 0. The van der Waals surface area contributed by atoms with Crippen LogP contribution in [-0.4, -0.2) is 28.0 Å². The number of hydrogen-bond acceptors (Lipinski definition) is 4. The van der Waals surface area contributed by atoms with Gasteiger partial charge in [-0.1, -0.05) is 41.6 Å². The summed E-state index contributed by atoms with van der Waals surface area (Å²) in [6.07, 6.45) is 1.73. The lowest BCUT2D eigenvalue weighted by Crippen LogP contribution is -2.12.